The molecule has 0 saturated carbocycles. The number of piperidine rings is 1. The van der Waals surface area contributed by atoms with E-state index in [9.17, 15) is 18.3 Å². The lowest BCUT2D eigenvalue weighted by molar-refractivity contribution is -0.110. The van der Waals surface area contributed by atoms with Crippen LogP contribution in [0, 0.1) is 6.92 Å². The molecule has 2 bridgehead atoms. The second-order valence-corrected chi connectivity index (χ2v) is 15.7. The smallest absolute Gasteiger partial charge is 0.265 e. The quantitative estimate of drug-likeness (QED) is 0.143. The lowest BCUT2D eigenvalue weighted by Crippen LogP contribution is -2.70. The number of hydrogen-bond donors (Lipinski definition) is 1. The van der Waals surface area contributed by atoms with Gasteiger partial charge in [-0.25, -0.2) is 8.42 Å². The fourth-order valence-electron chi connectivity index (χ4n) is 6.87. The van der Waals surface area contributed by atoms with E-state index in [1.165, 1.54) is 15.6 Å². The second kappa shape index (κ2) is 13.3. The predicted octanol–water partition coefficient (Wildman–Crippen LogP) is 7.13. The van der Waals surface area contributed by atoms with Crippen LogP contribution in [0.15, 0.2) is 98.0 Å². The number of anilines is 2. The molecule has 9 nitrogen and oxygen atoms in total. The van der Waals surface area contributed by atoms with Crippen molar-refractivity contribution in [2.75, 3.05) is 35.4 Å². The Kier molecular flexibility index (Phi) is 9.12. The van der Waals surface area contributed by atoms with E-state index in [1.807, 2.05) is 70.9 Å². The number of furan rings is 1. The summed E-state index contributed by atoms with van der Waals surface area (Å²) in [7, 11) is -4.07. The van der Waals surface area contributed by atoms with Gasteiger partial charge in [-0.05, 0) is 90.0 Å². The van der Waals surface area contributed by atoms with E-state index in [2.05, 4.69) is 20.8 Å². The highest BCUT2D eigenvalue weighted by atomic mass is 79.9. The van der Waals surface area contributed by atoms with Crippen LogP contribution in [-0.4, -0.2) is 62.7 Å². The minimum atomic E-state index is -4.07. The molecule has 3 aliphatic heterocycles. The number of ether oxygens (including phenoxy) is 1. The standard InChI is InChI=1S/C36H36BrN3O6S2/c1-3-45-36(42)33-23(2)28-20-27(13-14-32(28)46-33)48(43,44)39(17-15-24-9-5-4-6-10-24)31-12-8-7-11-30(31)38-21-25-19-26(22-38)40(25)35(41)34-29(37)16-18-47-34/h4-14,16,18,20,25-26,36,42H,3,15,17,19,21-22H2,1-2H3. The number of halogens is 1. The topological polar surface area (TPSA) is 104 Å². The van der Waals surface area contributed by atoms with Gasteiger partial charge in [-0.2, -0.15) is 0 Å². The van der Waals surface area contributed by atoms with Crippen molar-refractivity contribution in [2.24, 2.45) is 0 Å². The summed E-state index contributed by atoms with van der Waals surface area (Å²) in [6.45, 7) is 5.31. The molecule has 1 amide bonds. The predicted molar refractivity (Wildman–Crippen MR) is 191 cm³/mol. The van der Waals surface area contributed by atoms with Gasteiger partial charge in [0.2, 0.25) is 6.29 Å². The molecule has 0 spiro atoms. The van der Waals surface area contributed by atoms with Crippen LogP contribution in [0.1, 0.15) is 46.2 Å². The number of aliphatic hydroxyl groups excluding tert-OH is 1. The Balaban J connectivity index is 1.23. The van der Waals surface area contributed by atoms with Gasteiger partial charge in [0.05, 0.1) is 28.4 Å². The maximum atomic E-state index is 14.7. The third-order valence-electron chi connectivity index (χ3n) is 9.26. The summed E-state index contributed by atoms with van der Waals surface area (Å²) in [6.07, 6.45) is 0.188. The van der Waals surface area contributed by atoms with Crippen LogP contribution in [0.2, 0.25) is 0 Å². The first-order valence-electron chi connectivity index (χ1n) is 16.0. The van der Waals surface area contributed by atoms with E-state index in [4.69, 9.17) is 9.15 Å². The zero-order valence-corrected chi connectivity index (χ0v) is 29.8. The summed E-state index contributed by atoms with van der Waals surface area (Å²) < 4.78 is 43.0. The van der Waals surface area contributed by atoms with E-state index in [0.29, 0.717) is 53.2 Å². The Hall–Kier alpha value is -3.68. The maximum absolute atomic E-state index is 14.7. The summed E-state index contributed by atoms with van der Waals surface area (Å²) >= 11 is 4.95. The van der Waals surface area contributed by atoms with Crippen molar-refractivity contribution >= 4 is 65.5 Å². The summed E-state index contributed by atoms with van der Waals surface area (Å²) in [5.74, 6) is 0.301. The number of hydrogen-bond acceptors (Lipinski definition) is 8. The third kappa shape index (κ3) is 5.94. The number of piperazine rings is 1. The molecule has 0 radical (unpaired) electrons. The molecular formula is C36H36BrN3O6S2. The van der Waals surface area contributed by atoms with Crippen LogP contribution in [0.5, 0.6) is 0 Å². The van der Waals surface area contributed by atoms with Gasteiger partial charge in [-0.15, -0.1) is 11.3 Å². The third-order valence-corrected chi connectivity index (χ3v) is 12.9. The normalized spacial score (nSPS) is 18.2. The zero-order valence-electron chi connectivity index (χ0n) is 26.6. The van der Waals surface area contributed by atoms with Gasteiger partial charge in [0.25, 0.3) is 15.9 Å². The average Bonchev–Trinajstić information content (AvgIpc) is 3.67. The Labute approximate surface area is 292 Å². The highest BCUT2D eigenvalue weighted by Gasteiger charge is 2.48. The number of fused-ring (bicyclic) bond motifs is 3. The van der Waals surface area contributed by atoms with Gasteiger partial charge in [0.1, 0.15) is 10.5 Å². The number of aliphatic hydroxyl groups is 1. The molecule has 48 heavy (non-hydrogen) atoms. The van der Waals surface area contributed by atoms with Crippen molar-refractivity contribution in [3.05, 3.63) is 110 Å². The summed E-state index contributed by atoms with van der Waals surface area (Å²) in [5.41, 5.74) is 3.53. The minimum absolute atomic E-state index is 0.0417. The molecule has 3 saturated heterocycles. The second-order valence-electron chi connectivity index (χ2n) is 12.1. The van der Waals surface area contributed by atoms with Crippen LogP contribution in [0.3, 0.4) is 0 Å². The first-order valence-corrected chi connectivity index (χ1v) is 19.1. The fourth-order valence-corrected chi connectivity index (χ4v) is 9.86. The molecule has 5 aromatic rings. The number of sulfonamides is 1. The van der Waals surface area contributed by atoms with Gasteiger partial charge >= 0.3 is 0 Å². The fraction of sp³-hybridized carbons (Fsp3) is 0.306. The van der Waals surface area contributed by atoms with Crippen LogP contribution in [0.25, 0.3) is 11.0 Å². The van der Waals surface area contributed by atoms with Gasteiger partial charge in [-0.3, -0.25) is 9.10 Å². The van der Waals surface area contributed by atoms with Crippen molar-refractivity contribution in [2.45, 2.75) is 50.0 Å². The molecule has 1 N–H and O–H groups in total. The molecule has 3 aromatic carbocycles. The van der Waals surface area contributed by atoms with Gasteiger partial charge < -0.3 is 24.1 Å². The van der Waals surface area contributed by atoms with E-state index < -0.39 is 16.3 Å². The molecule has 250 valence electrons. The molecule has 3 fully saturated rings. The number of carbonyl (C=O) groups is 1. The van der Waals surface area contributed by atoms with Crippen LogP contribution >= 0.6 is 27.3 Å². The Morgan fingerprint density at radius 1 is 1.08 bits per heavy atom. The van der Waals surface area contributed by atoms with Gasteiger partial charge in [-0.1, -0.05) is 42.5 Å². The highest BCUT2D eigenvalue weighted by molar-refractivity contribution is 9.10. The number of aryl methyl sites for hydroxylation is 1. The van der Waals surface area contributed by atoms with Crippen molar-refractivity contribution in [3.63, 3.8) is 0 Å². The van der Waals surface area contributed by atoms with Crippen molar-refractivity contribution < 1.29 is 27.5 Å². The van der Waals surface area contributed by atoms with Crippen LogP contribution < -0.4 is 9.21 Å². The Morgan fingerprint density at radius 3 is 2.52 bits per heavy atom. The zero-order chi connectivity index (χ0) is 33.6. The molecule has 3 aliphatic rings. The maximum Gasteiger partial charge on any atom is 0.265 e. The number of nitrogens with zero attached hydrogens (tertiary/aromatic N) is 3. The van der Waals surface area contributed by atoms with Crippen molar-refractivity contribution in [1.29, 1.82) is 0 Å². The molecule has 12 heteroatoms. The monoisotopic (exact) mass is 749 g/mol. The summed E-state index contributed by atoms with van der Waals surface area (Å²) in [5, 5.41) is 13.0. The first kappa shape index (κ1) is 32.8. The Bertz CT molecular complexity index is 2050. The number of para-hydroxylation sites is 2. The molecule has 0 aliphatic carbocycles. The lowest BCUT2D eigenvalue weighted by Gasteiger charge is -2.57. The number of thiophene rings is 1. The average molecular weight is 751 g/mol. The van der Waals surface area contributed by atoms with Gasteiger partial charge in [0.15, 0.2) is 5.76 Å². The minimum Gasteiger partial charge on any atom is -0.455 e. The number of rotatable bonds is 11. The number of carbonyl (C=O) groups excluding carboxylic acids is 1. The molecule has 3 unspecified atom stereocenters. The molecule has 5 heterocycles. The molecule has 3 atom stereocenters. The summed E-state index contributed by atoms with van der Waals surface area (Å²) in [4.78, 5) is 18.4. The highest BCUT2D eigenvalue weighted by Crippen LogP contribution is 2.42. The molecule has 2 aromatic heterocycles. The molecule has 8 rings (SSSR count). The van der Waals surface area contributed by atoms with E-state index in [0.717, 1.165) is 22.1 Å². The summed E-state index contributed by atoms with van der Waals surface area (Å²) in [6, 6.07) is 24.3. The Morgan fingerprint density at radius 2 is 1.81 bits per heavy atom. The van der Waals surface area contributed by atoms with Crippen molar-refractivity contribution in [1.82, 2.24) is 4.90 Å². The van der Waals surface area contributed by atoms with Crippen LogP contribution in [0.4, 0.5) is 11.4 Å². The van der Waals surface area contributed by atoms with E-state index >= 15 is 0 Å². The largest absolute Gasteiger partial charge is 0.455 e. The first-order chi connectivity index (χ1) is 23.2. The lowest BCUT2D eigenvalue weighted by atomic mass is 9.86. The van der Waals surface area contributed by atoms with Gasteiger partial charge in [0, 0.05) is 41.7 Å². The SMILES string of the molecule is CCOC(O)c1oc2ccc(S(=O)(=O)N(CCc3ccccc3)c3ccccc3N3CC4CC(C3)N4C(=O)c3sccc3Br)cc2c1C. The van der Waals surface area contributed by atoms with E-state index in [1.54, 1.807) is 32.0 Å². The van der Waals surface area contributed by atoms with E-state index in [-0.39, 0.29) is 35.2 Å². The number of amides is 1. The molecular weight excluding hydrogens is 714 g/mol. The number of benzene rings is 3. The van der Waals surface area contributed by atoms with Crippen LogP contribution in [-0.2, 0) is 21.2 Å². The van der Waals surface area contributed by atoms with Crippen molar-refractivity contribution in [3.8, 4) is 0 Å².